The highest BCUT2D eigenvalue weighted by atomic mass is 16.7. The summed E-state index contributed by atoms with van der Waals surface area (Å²) in [6.07, 6.45) is 18.5. The molecule has 2 aliphatic rings. The zero-order chi connectivity index (χ0) is 20.9. The largest absolute Gasteiger partial charge is 0.511 e. The van der Waals surface area contributed by atoms with Crippen LogP contribution in [0.15, 0.2) is 24.3 Å². The number of ether oxygens (including phenoxy) is 1. The van der Waals surface area contributed by atoms with E-state index in [0.717, 1.165) is 17.8 Å². The summed E-state index contributed by atoms with van der Waals surface area (Å²) < 4.78 is 4.32. The van der Waals surface area contributed by atoms with E-state index in [-0.39, 0.29) is 5.75 Å². The van der Waals surface area contributed by atoms with E-state index in [2.05, 4.69) is 11.7 Å². The van der Waals surface area contributed by atoms with Crippen molar-refractivity contribution in [2.75, 3.05) is 0 Å². The Hall–Kier alpha value is -2.02. The minimum Gasteiger partial charge on any atom is -0.449 e. The van der Waals surface area contributed by atoms with Gasteiger partial charge in [-0.15, -0.1) is 0 Å². The van der Waals surface area contributed by atoms with Gasteiger partial charge >= 0.3 is 6.16 Å². The number of hydrogen-bond acceptors (Lipinski definition) is 3. The van der Waals surface area contributed by atoms with E-state index >= 15 is 0 Å². The van der Waals surface area contributed by atoms with E-state index in [1.165, 1.54) is 56.4 Å². The van der Waals surface area contributed by atoms with E-state index in [0.29, 0.717) is 5.56 Å². The molecule has 3 rings (SSSR count). The molecule has 0 amide bonds. The molecule has 1 aromatic rings. The molecule has 2 aliphatic carbocycles. The van der Waals surface area contributed by atoms with Crippen molar-refractivity contribution in [1.82, 2.24) is 0 Å². The highest BCUT2D eigenvalue weighted by molar-refractivity contribution is 5.61. The maximum Gasteiger partial charge on any atom is 0.511 e. The maximum absolute atomic E-state index is 10.0. The van der Waals surface area contributed by atoms with Crippen LogP contribution in [0.2, 0.25) is 0 Å². The number of nitriles is 1. The lowest BCUT2D eigenvalue weighted by atomic mass is 9.76. The predicted molar refractivity (Wildman–Crippen MR) is 116 cm³/mol. The molecule has 1 aromatic carbocycles. The molecule has 29 heavy (non-hydrogen) atoms. The summed E-state index contributed by atoms with van der Waals surface area (Å²) in [5.74, 6) is 3.51. The van der Waals surface area contributed by atoms with Gasteiger partial charge in [-0.2, -0.15) is 5.26 Å². The standard InChI is InChI=1S/C17H32.C8H5NO3/c1-2-6-15-9-12-17(13-10-15)14-11-16-7-4-3-5-8-16;9-5-6-1-3-7(4-2-6)12-8(10)11/h15-17H,2-14H2,1H3;1-4H,(H,10,11). The third-order valence-corrected chi connectivity index (χ3v) is 6.56. The van der Waals surface area contributed by atoms with Crippen LogP contribution >= 0.6 is 0 Å². The number of rotatable bonds is 6. The molecule has 0 aliphatic heterocycles. The first-order valence-electron chi connectivity index (χ1n) is 11.5. The molecule has 1 N–H and O–H groups in total. The Labute approximate surface area is 176 Å². The lowest BCUT2D eigenvalue weighted by Crippen LogP contribution is -2.16. The number of nitrogens with zero attached hydrogens (tertiary/aromatic N) is 1. The van der Waals surface area contributed by atoms with Crippen LogP contribution in [0, 0.1) is 29.1 Å². The van der Waals surface area contributed by atoms with Gasteiger partial charge in [0.1, 0.15) is 5.75 Å². The normalized spacial score (nSPS) is 22.1. The topological polar surface area (TPSA) is 70.3 Å². The van der Waals surface area contributed by atoms with Crippen LogP contribution in [-0.4, -0.2) is 11.3 Å². The van der Waals surface area contributed by atoms with Crippen molar-refractivity contribution in [3.05, 3.63) is 29.8 Å². The van der Waals surface area contributed by atoms with Crippen molar-refractivity contribution in [3.8, 4) is 11.8 Å². The molecule has 0 heterocycles. The van der Waals surface area contributed by atoms with Gasteiger partial charge in [0.25, 0.3) is 0 Å². The number of carbonyl (C=O) groups is 1. The fourth-order valence-corrected chi connectivity index (χ4v) is 4.86. The Balaban J connectivity index is 0.000000221. The molecule has 0 unspecified atom stereocenters. The molecular weight excluding hydrogens is 362 g/mol. The van der Waals surface area contributed by atoms with Gasteiger partial charge in [-0.1, -0.05) is 90.4 Å². The summed E-state index contributed by atoms with van der Waals surface area (Å²) in [5, 5.41) is 16.6. The summed E-state index contributed by atoms with van der Waals surface area (Å²) in [4.78, 5) is 10.0. The molecule has 160 valence electrons. The van der Waals surface area contributed by atoms with Gasteiger partial charge in [0, 0.05) is 0 Å². The van der Waals surface area contributed by atoms with E-state index in [4.69, 9.17) is 10.4 Å². The summed E-state index contributed by atoms with van der Waals surface area (Å²) >= 11 is 0. The monoisotopic (exact) mass is 399 g/mol. The van der Waals surface area contributed by atoms with Crippen molar-refractivity contribution in [1.29, 1.82) is 5.26 Å². The second kappa shape index (κ2) is 13.2. The third-order valence-electron chi connectivity index (χ3n) is 6.56. The zero-order valence-electron chi connectivity index (χ0n) is 17.9. The van der Waals surface area contributed by atoms with Crippen molar-refractivity contribution in [2.45, 2.75) is 90.4 Å². The van der Waals surface area contributed by atoms with Crippen LogP contribution in [0.5, 0.6) is 5.75 Å². The Morgan fingerprint density at radius 2 is 1.45 bits per heavy atom. The molecule has 0 bridgehead atoms. The second-order valence-electron chi connectivity index (χ2n) is 8.76. The van der Waals surface area contributed by atoms with Crippen LogP contribution in [0.3, 0.4) is 0 Å². The predicted octanol–water partition coefficient (Wildman–Crippen LogP) is 7.57. The Morgan fingerprint density at radius 1 is 0.931 bits per heavy atom. The molecule has 0 radical (unpaired) electrons. The first-order valence-corrected chi connectivity index (χ1v) is 11.5. The van der Waals surface area contributed by atoms with Crippen LogP contribution in [0.4, 0.5) is 4.79 Å². The van der Waals surface area contributed by atoms with Crippen LogP contribution in [0.25, 0.3) is 0 Å². The quantitative estimate of drug-likeness (QED) is 0.395. The maximum atomic E-state index is 10.0. The number of hydrogen-bond donors (Lipinski definition) is 1. The SMILES string of the molecule is CCCC1CCC(CCC2CCCCC2)CC1.N#Cc1ccc(OC(=O)O)cc1. The lowest BCUT2D eigenvalue weighted by molar-refractivity contribution is 0.144. The van der Waals surface area contributed by atoms with Gasteiger partial charge in [0.2, 0.25) is 0 Å². The first kappa shape index (κ1) is 23.3. The van der Waals surface area contributed by atoms with Gasteiger partial charge < -0.3 is 9.84 Å². The van der Waals surface area contributed by atoms with Crippen molar-refractivity contribution >= 4 is 6.16 Å². The summed E-state index contributed by atoms with van der Waals surface area (Å²) in [6.45, 7) is 2.34. The average molecular weight is 400 g/mol. The van der Waals surface area contributed by atoms with Crippen molar-refractivity contribution in [2.24, 2.45) is 17.8 Å². The minimum atomic E-state index is -1.36. The number of carboxylic acid groups (broad SMARTS) is 1. The molecule has 0 spiro atoms. The van der Waals surface area contributed by atoms with E-state index in [1.807, 2.05) is 6.07 Å². The van der Waals surface area contributed by atoms with Crippen molar-refractivity contribution in [3.63, 3.8) is 0 Å². The molecular formula is C25H37NO3. The highest BCUT2D eigenvalue weighted by Gasteiger charge is 2.22. The van der Waals surface area contributed by atoms with Gasteiger partial charge in [0.05, 0.1) is 11.6 Å². The van der Waals surface area contributed by atoms with Crippen LogP contribution < -0.4 is 4.74 Å². The third kappa shape index (κ3) is 9.35. The average Bonchev–Trinajstić information content (AvgIpc) is 2.75. The molecule has 0 aromatic heterocycles. The van der Waals surface area contributed by atoms with Crippen LogP contribution in [-0.2, 0) is 0 Å². The van der Waals surface area contributed by atoms with Crippen LogP contribution in [0.1, 0.15) is 96.0 Å². The first-order chi connectivity index (χ1) is 14.1. The zero-order valence-corrected chi connectivity index (χ0v) is 17.9. The van der Waals surface area contributed by atoms with Gasteiger partial charge in [0.15, 0.2) is 0 Å². The Morgan fingerprint density at radius 3 is 1.93 bits per heavy atom. The molecule has 2 fully saturated rings. The van der Waals surface area contributed by atoms with E-state index in [1.54, 1.807) is 51.4 Å². The molecule has 2 saturated carbocycles. The van der Waals surface area contributed by atoms with Gasteiger partial charge in [-0.25, -0.2) is 4.79 Å². The smallest absolute Gasteiger partial charge is 0.449 e. The fourth-order valence-electron chi connectivity index (χ4n) is 4.86. The molecule has 0 atom stereocenters. The fraction of sp³-hybridized carbons (Fsp3) is 0.680. The number of benzene rings is 1. The van der Waals surface area contributed by atoms with E-state index < -0.39 is 6.16 Å². The van der Waals surface area contributed by atoms with Gasteiger partial charge in [-0.05, 0) is 42.0 Å². The summed E-state index contributed by atoms with van der Waals surface area (Å²) in [5.41, 5.74) is 0.465. The van der Waals surface area contributed by atoms with Gasteiger partial charge in [-0.3, -0.25) is 0 Å². The summed E-state index contributed by atoms with van der Waals surface area (Å²) in [7, 11) is 0. The van der Waals surface area contributed by atoms with E-state index in [9.17, 15) is 4.79 Å². The molecule has 4 nitrogen and oxygen atoms in total. The molecule has 4 heteroatoms. The minimum absolute atomic E-state index is 0.210. The highest BCUT2D eigenvalue weighted by Crippen LogP contribution is 2.36. The molecule has 0 saturated heterocycles. The summed E-state index contributed by atoms with van der Waals surface area (Å²) in [6, 6.07) is 7.72. The Bertz CT molecular complexity index is 620. The second-order valence-corrected chi connectivity index (χ2v) is 8.76. The Kier molecular flexibility index (Phi) is 10.6. The lowest BCUT2D eigenvalue weighted by Gasteiger charge is -2.30. The van der Waals surface area contributed by atoms with Crippen molar-refractivity contribution < 1.29 is 14.6 Å².